The minimum absolute atomic E-state index is 0.144. The van der Waals surface area contributed by atoms with Gasteiger partial charge in [-0.2, -0.15) is 0 Å². The van der Waals surface area contributed by atoms with Gasteiger partial charge in [0.15, 0.2) is 0 Å². The summed E-state index contributed by atoms with van der Waals surface area (Å²) in [4.78, 5) is 10.8. The van der Waals surface area contributed by atoms with E-state index in [-0.39, 0.29) is 11.8 Å². The van der Waals surface area contributed by atoms with Crippen molar-refractivity contribution in [3.63, 3.8) is 0 Å². The van der Waals surface area contributed by atoms with Crippen molar-refractivity contribution in [2.24, 2.45) is 5.73 Å². The quantitative estimate of drug-likeness (QED) is 0.885. The minimum Gasteiger partial charge on any atom is -0.324 e. The van der Waals surface area contributed by atoms with Crippen LogP contribution in [-0.2, 0) is 4.79 Å². The van der Waals surface area contributed by atoms with Gasteiger partial charge in [-0.3, -0.25) is 0 Å². The predicted molar refractivity (Wildman–Crippen MR) is 63.3 cm³/mol. The van der Waals surface area contributed by atoms with E-state index in [0.29, 0.717) is 22.9 Å². The Morgan fingerprint density at radius 1 is 1.40 bits per heavy atom. The van der Waals surface area contributed by atoms with Gasteiger partial charge in [0, 0.05) is 12.5 Å². The molecule has 0 aliphatic heterocycles. The van der Waals surface area contributed by atoms with Crippen molar-refractivity contribution in [2.75, 3.05) is 0 Å². The van der Waals surface area contributed by atoms with Crippen LogP contribution in [-0.4, -0.2) is 5.78 Å². The number of rotatable bonds is 4. The fourth-order valence-corrected chi connectivity index (χ4v) is 1.57. The van der Waals surface area contributed by atoms with Crippen molar-refractivity contribution in [2.45, 2.75) is 25.8 Å². The Kier molecular flexibility index (Phi) is 4.58. The first kappa shape index (κ1) is 12.5. The third-order valence-electron chi connectivity index (χ3n) is 2.18. The second-order valence-corrected chi connectivity index (χ2v) is 4.34. The fraction of sp³-hybridized carbons (Fsp3) is 0.364. The number of hydrogen-bond donors (Lipinski definition) is 1. The van der Waals surface area contributed by atoms with E-state index in [9.17, 15) is 4.79 Å². The maximum Gasteiger partial charge on any atom is 0.129 e. The lowest BCUT2D eigenvalue weighted by molar-refractivity contribution is -0.117. The number of carbonyl (C=O) groups is 1. The van der Waals surface area contributed by atoms with E-state index in [2.05, 4.69) is 0 Å². The van der Waals surface area contributed by atoms with Crippen LogP contribution in [0.25, 0.3) is 0 Å². The van der Waals surface area contributed by atoms with Gasteiger partial charge in [0.2, 0.25) is 0 Å². The summed E-state index contributed by atoms with van der Waals surface area (Å²) >= 11 is 11.7. The van der Waals surface area contributed by atoms with Crippen molar-refractivity contribution in [1.82, 2.24) is 0 Å². The lowest BCUT2D eigenvalue weighted by Crippen LogP contribution is -2.11. The van der Waals surface area contributed by atoms with E-state index < -0.39 is 0 Å². The largest absolute Gasteiger partial charge is 0.324 e. The molecular formula is C11H13Cl2NO. The molecule has 1 unspecified atom stereocenters. The fourth-order valence-electron chi connectivity index (χ4n) is 1.27. The van der Waals surface area contributed by atoms with Gasteiger partial charge in [-0.05, 0) is 31.0 Å². The zero-order chi connectivity index (χ0) is 11.4. The van der Waals surface area contributed by atoms with Crippen molar-refractivity contribution < 1.29 is 4.79 Å². The van der Waals surface area contributed by atoms with Crippen LogP contribution in [0.2, 0.25) is 10.0 Å². The normalized spacial score (nSPS) is 12.5. The Morgan fingerprint density at radius 3 is 2.60 bits per heavy atom. The molecule has 0 aliphatic rings. The molecule has 2 nitrogen and oxygen atoms in total. The van der Waals surface area contributed by atoms with E-state index in [1.807, 2.05) is 6.07 Å². The second-order valence-electron chi connectivity index (χ2n) is 3.52. The molecular weight excluding hydrogens is 233 g/mol. The van der Waals surface area contributed by atoms with E-state index in [1.165, 1.54) is 0 Å². The Labute approximate surface area is 99.4 Å². The third-order valence-corrected chi connectivity index (χ3v) is 2.92. The van der Waals surface area contributed by atoms with E-state index >= 15 is 0 Å². The van der Waals surface area contributed by atoms with Crippen LogP contribution in [0, 0.1) is 0 Å². The highest BCUT2D eigenvalue weighted by Gasteiger charge is 2.08. The van der Waals surface area contributed by atoms with E-state index in [0.717, 1.165) is 5.56 Å². The van der Waals surface area contributed by atoms with Crippen LogP contribution in [0.4, 0.5) is 0 Å². The molecule has 0 saturated carbocycles. The molecule has 0 aliphatic carbocycles. The number of carbonyl (C=O) groups excluding carboxylic acids is 1. The van der Waals surface area contributed by atoms with Crippen molar-refractivity contribution in [1.29, 1.82) is 0 Å². The van der Waals surface area contributed by atoms with Crippen molar-refractivity contribution in [3.05, 3.63) is 33.8 Å². The topological polar surface area (TPSA) is 43.1 Å². The third kappa shape index (κ3) is 3.82. The second kappa shape index (κ2) is 5.50. The minimum atomic E-state index is -0.163. The molecule has 0 spiro atoms. The number of ketones is 1. The molecule has 15 heavy (non-hydrogen) atoms. The molecule has 82 valence electrons. The average molecular weight is 246 g/mol. The molecule has 0 fully saturated rings. The molecule has 1 rings (SSSR count). The highest BCUT2D eigenvalue weighted by atomic mass is 35.5. The zero-order valence-electron chi connectivity index (χ0n) is 8.47. The number of Topliss-reactive ketones (excluding diaryl/α,β-unsaturated/α-hetero) is 1. The van der Waals surface area contributed by atoms with E-state index in [1.54, 1.807) is 19.1 Å². The molecule has 0 radical (unpaired) electrons. The van der Waals surface area contributed by atoms with E-state index in [4.69, 9.17) is 28.9 Å². The molecule has 1 aromatic rings. The Morgan fingerprint density at radius 2 is 2.07 bits per heavy atom. The smallest absolute Gasteiger partial charge is 0.129 e. The number of hydrogen-bond acceptors (Lipinski definition) is 2. The molecule has 0 aromatic heterocycles. The van der Waals surface area contributed by atoms with Crippen LogP contribution in [0.1, 0.15) is 31.4 Å². The first-order chi connectivity index (χ1) is 7.00. The summed E-state index contributed by atoms with van der Waals surface area (Å²) in [5, 5.41) is 1.01. The van der Waals surface area contributed by atoms with Crippen LogP contribution in [0.5, 0.6) is 0 Å². The molecule has 1 atom stereocenters. The van der Waals surface area contributed by atoms with Gasteiger partial charge in [0.05, 0.1) is 10.0 Å². The van der Waals surface area contributed by atoms with Gasteiger partial charge in [0.25, 0.3) is 0 Å². The summed E-state index contributed by atoms with van der Waals surface area (Å²) in [6.07, 6.45) is 1.12. The summed E-state index contributed by atoms with van der Waals surface area (Å²) in [5.74, 6) is 0.144. The molecule has 4 heteroatoms. The van der Waals surface area contributed by atoms with Gasteiger partial charge in [-0.1, -0.05) is 29.3 Å². The van der Waals surface area contributed by atoms with Gasteiger partial charge in [-0.15, -0.1) is 0 Å². The number of benzene rings is 1. The molecule has 1 aromatic carbocycles. The van der Waals surface area contributed by atoms with Crippen LogP contribution >= 0.6 is 23.2 Å². The van der Waals surface area contributed by atoms with Crippen molar-refractivity contribution in [3.8, 4) is 0 Å². The standard InChI is InChI=1S/C11H13Cl2NO/c1-7(15)2-5-11(14)8-3-4-9(12)10(13)6-8/h3-4,6,11H,2,5,14H2,1H3. The summed E-state index contributed by atoms with van der Waals surface area (Å²) in [6.45, 7) is 1.56. The van der Waals surface area contributed by atoms with Gasteiger partial charge in [-0.25, -0.2) is 0 Å². The van der Waals surface area contributed by atoms with Crippen LogP contribution in [0.3, 0.4) is 0 Å². The number of nitrogens with two attached hydrogens (primary N) is 1. The van der Waals surface area contributed by atoms with Gasteiger partial charge >= 0.3 is 0 Å². The molecule has 0 bridgehead atoms. The van der Waals surface area contributed by atoms with Crippen LogP contribution in [0.15, 0.2) is 18.2 Å². The first-order valence-electron chi connectivity index (χ1n) is 4.70. The Bertz CT molecular complexity index is 366. The van der Waals surface area contributed by atoms with Crippen molar-refractivity contribution >= 4 is 29.0 Å². The first-order valence-corrected chi connectivity index (χ1v) is 5.46. The van der Waals surface area contributed by atoms with Gasteiger partial charge < -0.3 is 10.5 Å². The Hall–Kier alpha value is -0.570. The SMILES string of the molecule is CC(=O)CCC(N)c1ccc(Cl)c(Cl)c1. The molecule has 0 amide bonds. The maximum absolute atomic E-state index is 10.8. The Balaban J connectivity index is 2.69. The lowest BCUT2D eigenvalue weighted by atomic mass is 10.0. The monoisotopic (exact) mass is 245 g/mol. The lowest BCUT2D eigenvalue weighted by Gasteiger charge is -2.11. The molecule has 0 heterocycles. The summed E-state index contributed by atoms with van der Waals surface area (Å²) in [7, 11) is 0. The molecule has 0 saturated heterocycles. The maximum atomic E-state index is 10.8. The predicted octanol–water partition coefficient (Wildman–Crippen LogP) is 3.36. The highest BCUT2D eigenvalue weighted by Crippen LogP contribution is 2.26. The molecule has 2 N–H and O–H groups in total. The average Bonchev–Trinajstić information content (AvgIpc) is 2.18. The summed E-state index contributed by atoms with van der Waals surface area (Å²) in [6, 6.07) is 5.13. The number of halogens is 2. The summed E-state index contributed by atoms with van der Waals surface area (Å²) in [5.41, 5.74) is 6.82. The van der Waals surface area contributed by atoms with Gasteiger partial charge in [0.1, 0.15) is 5.78 Å². The zero-order valence-corrected chi connectivity index (χ0v) is 9.98. The van der Waals surface area contributed by atoms with Crippen LogP contribution < -0.4 is 5.73 Å². The highest BCUT2D eigenvalue weighted by molar-refractivity contribution is 6.42. The summed E-state index contributed by atoms with van der Waals surface area (Å²) < 4.78 is 0.